The Morgan fingerprint density at radius 2 is 1.71 bits per heavy atom. The van der Waals surface area contributed by atoms with Gasteiger partial charge in [0.05, 0.1) is 20.3 Å². The molecule has 0 bridgehead atoms. The lowest BCUT2D eigenvalue weighted by atomic mass is 10.1. The van der Waals surface area contributed by atoms with E-state index in [9.17, 15) is 14.4 Å². The molecule has 7 heteroatoms. The summed E-state index contributed by atoms with van der Waals surface area (Å²) in [4.78, 5) is 35.9. The van der Waals surface area contributed by atoms with Crippen LogP contribution in [0, 0.1) is 0 Å². The number of amides is 1. The molecule has 0 fully saturated rings. The summed E-state index contributed by atoms with van der Waals surface area (Å²) in [6, 6.07) is 14.1. The molecule has 0 spiro atoms. The molecule has 0 radical (unpaired) electrons. The first kappa shape index (κ1) is 20.7. The van der Waals surface area contributed by atoms with Crippen molar-refractivity contribution in [2.24, 2.45) is 0 Å². The fourth-order valence-electron chi connectivity index (χ4n) is 2.47. The number of rotatable bonds is 7. The molecule has 0 aromatic heterocycles. The van der Waals surface area contributed by atoms with Crippen molar-refractivity contribution in [1.29, 1.82) is 0 Å². The summed E-state index contributed by atoms with van der Waals surface area (Å²) in [5, 5.41) is 5.67. The summed E-state index contributed by atoms with van der Waals surface area (Å²) in [6.45, 7) is 2.01. The number of aryl methyl sites for hydroxylation is 1. The Morgan fingerprint density at radius 3 is 2.39 bits per heavy atom. The Hall–Kier alpha value is -3.61. The molecule has 0 saturated heterocycles. The summed E-state index contributed by atoms with van der Waals surface area (Å²) in [5.41, 5.74) is 2.49. The second-order valence-electron chi connectivity index (χ2n) is 5.74. The molecular weight excluding hydrogens is 360 g/mol. The minimum Gasteiger partial charge on any atom is -0.466 e. The molecule has 0 heterocycles. The number of benzene rings is 2. The molecule has 2 aromatic carbocycles. The molecule has 0 unspecified atom stereocenters. The molecule has 146 valence electrons. The van der Waals surface area contributed by atoms with Crippen LogP contribution < -0.4 is 10.6 Å². The van der Waals surface area contributed by atoms with Crippen LogP contribution in [0.15, 0.2) is 60.3 Å². The lowest BCUT2D eigenvalue weighted by Gasteiger charge is -2.12. The number of esters is 2. The van der Waals surface area contributed by atoms with Crippen molar-refractivity contribution in [2.45, 2.75) is 13.3 Å². The monoisotopic (exact) mass is 382 g/mol. The van der Waals surface area contributed by atoms with Crippen LogP contribution in [0.3, 0.4) is 0 Å². The zero-order valence-corrected chi connectivity index (χ0v) is 15.9. The van der Waals surface area contributed by atoms with Gasteiger partial charge in [-0.15, -0.1) is 0 Å². The molecule has 28 heavy (non-hydrogen) atoms. The SMILES string of the molecule is CCc1ccccc1NC(=O)c1cccc(N/C(=C/C(=O)OC)C(=O)OC)c1. The third-order valence-electron chi connectivity index (χ3n) is 3.92. The number of carbonyl (C=O) groups excluding carboxylic acids is 3. The molecule has 0 atom stereocenters. The number of ether oxygens (including phenoxy) is 2. The zero-order valence-electron chi connectivity index (χ0n) is 15.9. The van der Waals surface area contributed by atoms with Crippen LogP contribution >= 0.6 is 0 Å². The maximum atomic E-state index is 12.6. The Labute approximate surface area is 163 Å². The van der Waals surface area contributed by atoms with E-state index < -0.39 is 11.9 Å². The third-order valence-corrected chi connectivity index (χ3v) is 3.92. The van der Waals surface area contributed by atoms with Crippen LogP contribution in [0.4, 0.5) is 11.4 Å². The minimum atomic E-state index is -0.739. The fraction of sp³-hybridized carbons (Fsp3) is 0.190. The van der Waals surface area contributed by atoms with Gasteiger partial charge in [0.2, 0.25) is 0 Å². The smallest absolute Gasteiger partial charge is 0.354 e. The molecule has 2 aromatic rings. The molecule has 2 rings (SSSR count). The van der Waals surface area contributed by atoms with Crippen molar-refractivity contribution in [3.05, 3.63) is 71.4 Å². The Morgan fingerprint density at radius 1 is 0.964 bits per heavy atom. The van der Waals surface area contributed by atoms with Gasteiger partial charge < -0.3 is 20.1 Å². The van der Waals surface area contributed by atoms with Gasteiger partial charge >= 0.3 is 11.9 Å². The Kier molecular flexibility index (Phi) is 7.33. The predicted octanol–water partition coefficient (Wildman–Crippen LogP) is 3.14. The van der Waals surface area contributed by atoms with Gasteiger partial charge in [0.1, 0.15) is 5.70 Å². The average molecular weight is 382 g/mol. The maximum Gasteiger partial charge on any atom is 0.354 e. The highest BCUT2D eigenvalue weighted by Crippen LogP contribution is 2.19. The second-order valence-corrected chi connectivity index (χ2v) is 5.74. The lowest BCUT2D eigenvalue weighted by molar-refractivity contribution is -0.138. The van der Waals surface area contributed by atoms with Gasteiger partial charge in [-0.2, -0.15) is 0 Å². The van der Waals surface area contributed by atoms with Gasteiger partial charge in [-0.3, -0.25) is 4.79 Å². The fourth-order valence-corrected chi connectivity index (χ4v) is 2.47. The molecule has 0 saturated carbocycles. The molecule has 7 nitrogen and oxygen atoms in total. The minimum absolute atomic E-state index is 0.108. The number of hydrogen-bond acceptors (Lipinski definition) is 6. The van der Waals surface area contributed by atoms with Crippen LogP contribution in [0.2, 0.25) is 0 Å². The van der Waals surface area contributed by atoms with Gasteiger partial charge in [0.15, 0.2) is 0 Å². The van der Waals surface area contributed by atoms with Crippen LogP contribution in [0.5, 0.6) is 0 Å². The number of hydrogen-bond donors (Lipinski definition) is 2. The highest BCUT2D eigenvalue weighted by Gasteiger charge is 2.14. The van der Waals surface area contributed by atoms with Crippen molar-refractivity contribution >= 4 is 29.2 Å². The van der Waals surface area contributed by atoms with Gasteiger partial charge in [-0.25, -0.2) is 9.59 Å². The molecule has 2 N–H and O–H groups in total. The molecule has 0 aliphatic heterocycles. The Bertz CT molecular complexity index is 905. The van der Waals surface area contributed by atoms with Crippen molar-refractivity contribution in [1.82, 2.24) is 0 Å². The zero-order chi connectivity index (χ0) is 20.5. The maximum absolute atomic E-state index is 12.6. The van der Waals surface area contributed by atoms with Gasteiger partial charge in [0.25, 0.3) is 5.91 Å². The largest absolute Gasteiger partial charge is 0.466 e. The van der Waals surface area contributed by atoms with Crippen molar-refractivity contribution in [2.75, 3.05) is 24.9 Å². The Balaban J connectivity index is 2.22. The number of carbonyl (C=O) groups is 3. The second kappa shape index (κ2) is 9.91. The van der Waals surface area contributed by atoms with Crippen molar-refractivity contribution < 1.29 is 23.9 Å². The van der Waals surface area contributed by atoms with E-state index in [1.807, 2.05) is 31.2 Å². The van der Waals surface area contributed by atoms with Crippen LogP contribution in [0.25, 0.3) is 0 Å². The van der Waals surface area contributed by atoms with Crippen molar-refractivity contribution in [3.63, 3.8) is 0 Å². The summed E-state index contributed by atoms with van der Waals surface area (Å²) in [7, 11) is 2.40. The highest BCUT2D eigenvalue weighted by molar-refractivity contribution is 6.05. The van der Waals surface area contributed by atoms with Gasteiger partial charge in [0, 0.05) is 16.9 Å². The molecule has 0 aliphatic carbocycles. The topological polar surface area (TPSA) is 93.7 Å². The molecule has 1 amide bonds. The first-order valence-electron chi connectivity index (χ1n) is 8.62. The van der Waals surface area contributed by atoms with Crippen molar-refractivity contribution in [3.8, 4) is 0 Å². The van der Waals surface area contributed by atoms with Crippen LogP contribution in [0.1, 0.15) is 22.8 Å². The quantitative estimate of drug-likeness (QED) is 0.564. The van der Waals surface area contributed by atoms with Crippen LogP contribution in [-0.4, -0.2) is 32.1 Å². The van der Waals surface area contributed by atoms with E-state index >= 15 is 0 Å². The number of anilines is 2. The van der Waals surface area contributed by atoms with E-state index in [0.29, 0.717) is 11.3 Å². The number of methoxy groups -OCH3 is 2. The van der Waals surface area contributed by atoms with Gasteiger partial charge in [-0.1, -0.05) is 31.2 Å². The van der Waals surface area contributed by atoms with E-state index in [0.717, 1.165) is 23.7 Å². The van der Waals surface area contributed by atoms with Crippen LogP contribution in [-0.2, 0) is 25.5 Å². The summed E-state index contributed by atoms with van der Waals surface area (Å²) >= 11 is 0. The summed E-state index contributed by atoms with van der Waals surface area (Å²) in [6.07, 6.45) is 1.77. The first-order valence-corrected chi connectivity index (χ1v) is 8.62. The number of para-hydroxylation sites is 1. The predicted molar refractivity (Wildman–Crippen MR) is 106 cm³/mol. The van der Waals surface area contributed by atoms with E-state index in [4.69, 9.17) is 0 Å². The first-order chi connectivity index (χ1) is 13.5. The van der Waals surface area contributed by atoms with E-state index in [1.54, 1.807) is 24.3 Å². The summed E-state index contributed by atoms with van der Waals surface area (Å²) < 4.78 is 9.19. The van der Waals surface area contributed by atoms with E-state index in [2.05, 4.69) is 20.1 Å². The molecular formula is C21H22N2O5. The average Bonchev–Trinajstić information content (AvgIpc) is 2.73. The normalized spacial score (nSPS) is 10.8. The highest BCUT2D eigenvalue weighted by atomic mass is 16.5. The van der Waals surface area contributed by atoms with E-state index in [-0.39, 0.29) is 11.6 Å². The number of nitrogens with one attached hydrogen (secondary N) is 2. The lowest BCUT2D eigenvalue weighted by Crippen LogP contribution is -2.16. The molecule has 0 aliphatic rings. The third kappa shape index (κ3) is 5.44. The summed E-state index contributed by atoms with van der Waals surface area (Å²) in [5.74, 6) is -1.74. The van der Waals surface area contributed by atoms with Gasteiger partial charge in [-0.05, 0) is 36.2 Å². The van der Waals surface area contributed by atoms with E-state index in [1.165, 1.54) is 14.2 Å². The standard InChI is InChI=1S/C21H22N2O5/c1-4-14-8-5-6-11-17(14)23-20(25)15-9-7-10-16(12-15)22-18(21(26)28-3)13-19(24)27-2/h5-13,22H,4H2,1-3H3,(H,23,25)/b18-13+.